The van der Waals surface area contributed by atoms with Crippen LogP contribution in [0.4, 0.5) is 4.39 Å². The maximum Gasteiger partial charge on any atom is 0.161 e. The third-order valence-corrected chi connectivity index (χ3v) is 3.34. The van der Waals surface area contributed by atoms with E-state index in [2.05, 4.69) is 9.97 Å². The Hall–Kier alpha value is -1.58. The van der Waals surface area contributed by atoms with Gasteiger partial charge in [0.15, 0.2) is 5.82 Å². The molecular weight excluding hydrogens is 274 g/mol. The van der Waals surface area contributed by atoms with Gasteiger partial charge >= 0.3 is 0 Å². The van der Waals surface area contributed by atoms with Crippen molar-refractivity contribution in [3.05, 3.63) is 52.3 Å². The molecular formula is C13H7Cl2FN2. The molecule has 0 aliphatic carbocycles. The van der Waals surface area contributed by atoms with Crippen molar-refractivity contribution in [3.8, 4) is 11.4 Å². The van der Waals surface area contributed by atoms with Crippen molar-refractivity contribution in [3.63, 3.8) is 0 Å². The Morgan fingerprint density at radius 1 is 1.06 bits per heavy atom. The summed E-state index contributed by atoms with van der Waals surface area (Å²) in [7, 11) is 0. The van der Waals surface area contributed by atoms with Gasteiger partial charge in [-0.05, 0) is 24.3 Å². The number of nitrogens with one attached hydrogen (secondary N) is 1. The molecule has 1 N–H and O–H groups in total. The van der Waals surface area contributed by atoms with Crippen LogP contribution in [0.25, 0.3) is 22.4 Å². The molecule has 3 rings (SSSR count). The van der Waals surface area contributed by atoms with E-state index in [9.17, 15) is 4.39 Å². The third kappa shape index (κ3) is 1.76. The number of fused-ring (bicyclic) bond motifs is 1. The van der Waals surface area contributed by atoms with Crippen molar-refractivity contribution in [2.75, 3.05) is 0 Å². The lowest BCUT2D eigenvalue weighted by Gasteiger charge is -2.02. The van der Waals surface area contributed by atoms with Gasteiger partial charge in [0, 0.05) is 5.56 Å². The summed E-state index contributed by atoms with van der Waals surface area (Å²) in [5.74, 6) is -0.104. The quantitative estimate of drug-likeness (QED) is 0.645. The number of nitrogens with zero attached hydrogens (tertiary/aromatic N) is 1. The molecule has 5 heteroatoms. The standard InChI is InChI=1S/C13H7Cl2FN2/c14-8-6-5-7(11(15)12(8)16)13-17-9-3-1-2-4-10(9)18-13/h1-6H,(H,17,18). The highest BCUT2D eigenvalue weighted by atomic mass is 35.5. The van der Waals surface area contributed by atoms with Crippen LogP contribution < -0.4 is 0 Å². The summed E-state index contributed by atoms with van der Waals surface area (Å²) in [4.78, 5) is 7.46. The molecule has 1 aromatic heterocycles. The minimum atomic E-state index is -0.628. The van der Waals surface area contributed by atoms with E-state index in [-0.39, 0.29) is 10.0 Å². The first-order valence-corrected chi connectivity index (χ1v) is 6.01. The summed E-state index contributed by atoms with van der Waals surface area (Å²) in [6.07, 6.45) is 0. The molecule has 0 aliphatic rings. The van der Waals surface area contributed by atoms with Gasteiger partial charge in [-0.2, -0.15) is 0 Å². The number of H-pyrrole nitrogens is 1. The van der Waals surface area contributed by atoms with E-state index < -0.39 is 5.82 Å². The zero-order valence-electron chi connectivity index (χ0n) is 9.05. The van der Waals surface area contributed by atoms with Crippen LogP contribution in [0.2, 0.25) is 10.0 Å². The predicted octanol–water partition coefficient (Wildman–Crippen LogP) is 4.68. The van der Waals surface area contributed by atoms with E-state index in [0.29, 0.717) is 11.4 Å². The minimum absolute atomic E-state index is 0.000129. The summed E-state index contributed by atoms with van der Waals surface area (Å²) in [6.45, 7) is 0. The van der Waals surface area contributed by atoms with E-state index in [1.165, 1.54) is 6.07 Å². The van der Waals surface area contributed by atoms with E-state index in [1.54, 1.807) is 6.07 Å². The largest absolute Gasteiger partial charge is 0.338 e. The van der Waals surface area contributed by atoms with Gasteiger partial charge < -0.3 is 4.98 Å². The molecule has 1 heterocycles. The topological polar surface area (TPSA) is 28.7 Å². The molecule has 0 unspecified atom stereocenters. The highest BCUT2D eigenvalue weighted by molar-refractivity contribution is 6.36. The number of rotatable bonds is 1. The van der Waals surface area contributed by atoms with Crippen LogP contribution >= 0.6 is 23.2 Å². The monoisotopic (exact) mass is 280 g/mol. The minimum Gasteiger partial charge on any atom is -0.338 e. The number of benzene rings is 2. The molecule has 18 heavy (non-hydrogen) atoms. The van der Waals surface area contributed by atoms with Gasteiger partial charge in [-0.3, -0.25) is 0 Å². The Morgan fingerprint density at radius 3 is 2.61 bits per heavy atom. The third-order valence-electron chi connectivity index (χ3n) is 2.68. The second-order valence-electron chi connectivity index (χ2n) is 3.83. The molecule has 0 radical (unpaired) electrons. The number of halogens is 3. The highest BCUT2D eigenvalue weighted by Gasteiger charge is 2.14. The van der Waals surface area contributed by atoms with Gasteiger partial charge in [0.2, 0.25) is 0 Å². The van der Waals surface area contributed by atoms with Gasteiger partial charge in [0.1, 0.15) is 5.82 Å². The van der Waals surface area contributed by atoms with Crippen molar-refractivity contribution < 1.29 is 4.39 Å². The SMILES string of the molecule is Fc1c(Cl)ccc(-c2nc3ccccc3[nH]2)c1Cl. The Labute approximate surface area is 112 Å². The summed E-state index contributed by atoms with van der Waals surface area (Å²) < 4.78 is 13.6. The molecule has 0 fully saturated rings. The predicted molar refractivity (Wildman–Crippen MR) is 71.5 cm³/mol. The highest BCUT2D eigenvalue weighted by Crippen LogP contribution is 2.32. The lowest BCUT2D eigenvalue weighted by Crippen LogP contribution is -1.87. The Kier molecular flexibility index (Phi) is 2.73. The van der Waals surface area contributed by atoms with Crippen LogP contribution in [-0.2, 0) is 0 Å². The van der Waals surface area contributed by atoms with Gasteiger partial charge in [-0.1, -0.05) is 35.3 Å². The van der Waals surface area contributed by atoms with Crippen LogP contribution in [0.5, 0.6) is 0 Å². The second kappa shape index (κ2) is 4.26. The summed E-state index contributed by atoms with van der Waals surface area (Å²) in [6, 6.07) is 10.7. The molecule has 0 amide bonds. The zero-order valence-corrected chi connectivity index (χ0v) is 10.6. The number of aromatic nitrogens is 2. The first-order chi connectivity index (χ1) is 8.66. The van der Waals surface area contributed by atoms with Crippen LogP contribution in [0.3, 0.4) is 0 Å². The first-order valence-electron chi connectivity index (χ1n) is 5.25. The van der Waals surface area contributed by atoms with Crippen molar-refractivity contribution in [1.29, 1.82) is 0 Å². The second-order valence-corrected chi connectivity index (χ2v) is 4.61. The summed E-state index contributed by atoms with van der Waals surface area (Å²) >= 11 is 11.6. The number of para-hydroxylation sites is 2. The number of aromatic amines is 1. The maximum absolute atomic E-state index is 13.6. The average Bonchev–Trinajstić information content (AvgIpc) is 2.79. The Balaban J connectivity index is 2.23. The van der Waals surface area contributed by atoms with Crippen LogP contribution in [-0.4, -0.2) is 9.97 Å². The summed E-state index contributed by atoms with van der Waals surface area (Å²) in [5, 5.41) is -0.0265. The molecule has 0 atom stereocenters. The van der Waals surface area contributed by atoms with E-state index in [1.807, 2.05) is 24.3 Å². The van der Waals surface area contributed by atoms with Gasteiger partial charge in [-0.15, -0.1) is 0 Å². The number of hydrogen-bond donors (Lipinski definition) is 1. The van der Waals surface area contributed by atoms with Gasteiger partial charge in [-0.25, -0.2) is 9.37 Å². The number of imidazole rings is 1. The van der Waals surface area contributed by atoms with Crippen molar-refractivity contribution in [2.45, 2.75) is 0 Å². The lowest BCUT2D eigenvalue weighted by atomic mass is 10.2. The van der Waals surface area contributed by atoms with E-state index in [0.717, 1.165) is 11.0 Å². The Bertz CT molecular complexity index is 704. The van der Waals surface area contributed by atoms with Gasteiger partial charge in [0.05, 0.1) is 21.1 Å². The van der Waals surface area contributed by atoms with Crippen LogP contribution in [0.1, 0.15) is 0 Å². The molecule has 2 aromatic carbocycles. The van der Waals surface area contributed by atoms with Crippen molar-refractivity contribution >= 4 is 34.2 Å². The molecule has 3 aromatic rings. The van der Waals surface area contributed by atoms with Crippen molar-refractivity contribution in [2.24, 2.45) is 0 Å². The van der Waals surface area contributed by atoms with E-state index >= 15 is 0 Å². The van der Waals surface area contributed by atoms with Crippen LogP contribution in [0.15, 0.2) is 36.4 Å². The fourth-order valence-electron chi connectivity index (χ4n) is 1.79. The molecule has 0 bridgehead atoms. The molecule has 90 valence electrons. The van der Waals surface area contributed by atoms with Crippen molar-refractivity contribution in [1.82, 2.24) is 9.97 Å². The fourth-order valence-corrected chi connectivity index (χ4v) is 2.25. The van der Waals surface area contributed by atoms with Gasteiger partial charge in [0.25, 0.3) is 0 Å². The normalized spacial score (nSPS) is 11.1. The zero-order chi connectivity index (χ0) is 12.7. The summed E-state index contributed by atoms with van der Waals surface area (Å²) in [5.41, 5.74) is 2.17. The van der Waals surface area contributed by atoms with E-state index in [4.69, 9.17) is 23.2 Å². The Morgan fingerprint density at radius 2 is 1.83 bits per heavy atom. The molecule has 0 spiro atoms. The average molecular weight is 281 g/mol. The first kappa shape index (κ1) is 11.5. The number of hydrogen-bond acceptors (Lipinski definition) is 1. The molecule has 0 saturated heterocycles. The molecule has 0 saturated carbocycles. The smallest absolute Gasteiger partial charge is 0.161 e. The van der Waals surface area contributed by atoms with Crippen LogP contribution in [0, 0.1) is 5.82 Å². The fraction of sp³-hybridized carbons (Fsp3) is 0. The lowest BCUT2D eigenvalue weighted by molar-refractivity contribution is 0.629. The molecule has 2 nitrogen and oxygen atoms in total. The molecule has 0 aliphatic heterocycles. The maximum atomic E-state index is 13.6.